The normalized spacial score (nSPS) is 13.6. The van der Waals surface area contributed by atoms with Crippen molar-refractivity contribution in [3.8, 4) is 6.07 Å². The molecule has 1 heterocycles. The number of benzene rings is 2. The van der Waals surface area contributed by atoms with Gasteiger partial charge in [0, 0.05) is 17.9 Å². The van der Waals surface area contributed by atoms with Gasteiger partial charge in [0.2, 0.25) is 0 Å². The Kier molecular flexibility index (Phi) is 7.40. The molecule has 0 aliphatic carbocycles. The number of hydrogen-bond acceptors (Lipinski definition) is 4. The maximum atomic E-state index is 13.3. The van der Waals surface area contributed by atoms with Crippen LogP contribution in [0, 0.1) is 17.1 Å². The number of β-amino-alcohol motifs (C(OH)–C–C–N with tert-alkyl or cyclic N) is 1. The maximum absolute atomic E-state index is 13.3. The van der Waals surface area contributed by atoms with Crippen LogP contribution in [0.4, 0.5) is 28.9 Å². The third kappa shape index (κ3) is 5.27. The highest BCUT2D eigenvalue weighted by molar-refractivity contribution is 5.94. The molecule has 0 fully saturated rings. The first-order chi connectivity index (χ1) is 14.2. The van der Waals surface area contributed by atoms with Crippen molar-refractivity contribution in [3.63, 3.8) is 0 Å². The third-order valence-electron chi connectivity index (χ3n) is 4.44. The lowest BCUT2D eigenvalue weighted by atomic mass is 10.1. The number of halogens is 4. The van der Waals surface area contributed by atoms with E-state index in [1.807, 2.05) is 13.8 Å². The van der Waals surface area contributed by atoms with E-state index in [0.717, 1.165) is 17.7 Å². The average molecular weight is 423 g/mol. The molecule has 0 saturated heterocycles. The van der Waals surface area contributed by atoms with Crippen molar-refractivity contribution in [2.45, 2.75) is 32.5 Å². The minimum atomic E-state index is -4.75. The summed E-state index contributed by atoms with van der Waals surface area (Å²) in [5, 5.41) is 21.2. The molecule has 9 heteroatoms. The molecule has 1 unspecified atom stereocenters. The molecule has 0 bridgehead atoms. The first-order valence-electron chi connectivity index (χ1n) is 9.32. The number of rotatable bonds is 4. The SMILES string of the molecule is CC.N#Cc1ccc(NC(=O)C(O)CN2CCc3cc(F)ccc32)cc1C(F)(F)F. The summed E-state index contributed by atoms with van der Waals surface area (Å²) in [6, 6.07) is 8.43. The minimum absolute atomic E-state index is 0.0904. The van der Waals surface area contributed by atoms with Crippen molar-refractivity contribution in [3.05, 3.63) is 58.9 Å². The summed E-state index contributed by atoms with van der Waals surface area (Å²) in [5.74, 6) is -1.26. The van der Waals surface area contributed by atoms with Gasteiger partial charge in [0.25, 0.3) is 5.91 Å². The summed E-state index contributed by atoms with van der Waals surface area (Å²) in [6.45, 7) is 4.39. The van der Waals surface area contributed by atoms with Crippen LogP contribution in [0.3, 0.4) is 0 Å². The van der Waals surface area contributed by atoms with Gasteiger partial charge in [-0.05, 0) is 48.4 Å². The van der Waals surface area contributed by atoms with E-state index in [2.05, 4.69) is 5.32 Å². The highest BCUT2D eigenvalue weighted by Crippen LogP contribution is 2.33. The van der Waals surface area contributed by atoms with E-state index in [1.165, 1.54) is 18.2 Å². The summed E-state index contributed by atoms with van der Waals surface area (Å²) < 4.78 is 52.3. The summed E-state index contributed by atoms with van der Waals surface area (Å²) in [6.07, 6.45) is -5.70. The Morgan fingerprint density at radius 3 is 2.60 bits per heavy atom. The van der Waals surface area contributed by atoms with Crippen LogP contribution in [0.15, 0.2) is 36.4 Å². The fourth-order valence-electron chi connectivity index (χ4n) is 3.10. The Balaban J connectivity index is 0.00000155. The zero-order valence-corrected chi connectivity index (χ0v) is 16.4. The molecule has 1 aliphatic rings. The highest BCUT2D eigenvalue weighted by Gasteiger charge is 2.34. The molecular weight excluding hydrogens is 402 g/mol. The number of aliphatic hydroxyl groups excluding tert-OH is 1. The number of nitrogens with one attached hydrogen (secondary N) is 1. The van der Waals surface area contributed by atoms with Gasteiger partial charge in [0.1, 0.15) is 5.82 Å². The zero-order valence-electron chi connectivity index (χ0n) is 16.4. The van der Waals surface area contributed by atoms with E-state index in [4.69, 9.17) is 5.26 Å². The molecule has 2 N–H and O–H groups in total. The molecule has 0 radical (unpaired) electrons. The summed E-state index contributed by atoms with van der Waals surface area (Å²) in [4.78, 5) is 13.9. The smallest absolute Gasteiger partial charge is 0.381 e. The monoisotopic (exact) mass is 423 g/mol. The van der Waals surface area contributed by atoms with Gasteiger partial charge < -0.3 is 15.3 Å². The van der Waals surface area contributed by atoms with E-state index < -0.39 is 29.3 Å². The van der Waals surface area contributed by atoms with Crippen molar-refractivity contribution in [2.24, 2.45) is 0 Å². The van der Waals surface area contributed by atoms with Crippen molar-refractivity contribution < 1.29 is 27.5 Å². The van der Waals surface area contributed by atoms with E-state index in [9.17, 15) is 27.5 Å². The molecule has 2 aromatic rings. The quantitative estimate of drug-likeness (QED) is 0.726. The Morgan fingerprint density at radius 2 is 1.97 bits per heavy atom. The van der Waals surface area contributed by atoms with Crippen LogP contribution >= 0.6 is 0 Å². The summed E-state index contributed by atoms with van der Waals surface area (Å²) >= 11 is 0. The number of hydrogen-bond donors (Lipinski definition) is 2. The molecule has 0 aromatic heterocycles. The molecule has 5 nitrogen and oxygen atoms in total. The number of fused-ring (bicyclic) bond motifs is 1. The number of anilines is 2. The number of amides is 1. The average Bonchev–Trinajstić information content (AvgIpc) is 3.10. The van der Waals surface area contributed by atoms with E-state index in [-0.39, 0.29) is 18.0 Å². The number of carbonyl (C=O) groups excluding carboxylic acids is 1. The molecule has 1 atom stereocenters. The second kappa shape index (κ2) is 9.59. The Bertz CT molecular complexity index is 954. The predicted octanol–water partition coefficient (Wildman–Crippen LogP) is 4.10. The van der Waals surface area contributed by atoms with Crippen LogP contribution in [0.5, 0.6) is 0 Å². The molecular formula is C21H21F4N3O2. The fraction of sp³-hybridized carbons (Fsp3) is 0.333. The van der Waals surface area contributed by atoms with Crippen molar-refractivity contribution in [1.82, 2.24) is 0 Å². The lowest BCUT2D eigenvalue weighted by molar-refractivity contribution is -0.137. The van der Waals surface area contributed by atoms with E-state index in [1.54, 1.807) is 11.0 Å². The van der Waals surface area contributed by atoms with Crippen LogP contribution in [0.2, 0.25) is 0 Å². The zero-order chi connectivity index (χ0) is 22.5. The second-order valence-electron chi connectivity index (χ2n) is 6.34. The summed E-state index contributed by atoms with van der Waals surface area (Å²) in [5.41, 5.74) is -0.454. The van der Waals surface area contributed by atoms with Gasteiger partial charge in [-0.1, -0.05) is 13.8 Å². The topological polar surface area (TPSA) is 76.4 Å². The lowest BCUT2D eigenvalue weighted by Crippen LogP contribution is -2.39. The second-order valence-corrected chi connectivity index (χ2v) is 6.34. The molecule has 1 aliphatic heterocycles. The number of alkyl halides is 3. The standard InChI is InChI=1S/C19H15F4N3O2.C2H6/c20-13-2-4-16-11(7-13)5-6-26(16)10-17(27)18(28)25-14-3-1-12(9-24)15(8-14)19(21,22)23;1-2/h1-4,7-8,17,27H,5-6,10H2,(H,25,28);1-2H3. The van der Waals surface area contributed by atoms with Gasteiger partial charge in [-0.25, -0.2) is 4.39 Å². The van der Waals surface area contributed by atoms with Crippen molar-refractivity contribution in [2.75, 3.05) is 23.3 Å². The van der Waals surface area contributed by atoms with Crippen molar-refractivity contribution in [1.29, 1.82) is 5.26 Å². The fourth-order valence-corrected chi connectivity index (χ4v) is 3.10. The van der Waals surface area contributed by atoms with Gasteiger partial charge in [-0.15, -0.1) is 0 Å². The molecule has 0 spiro atoms. The van der Waals surface area contributed by atoms with Crippen LogP contribution in [-0.4, -0.2) is 30.2 Å². The Morgan fingerprint density at radius 1 is 1.27 bits per heavy atom. The number of aliphatic hydroxyl groups is 1. The van der Waals surface area contributed by atoms with Gasteiger partial charge in [0.15, 0.2) is 6.10 Å². The molecule has 1 amide bonds. The van der Waals surface area contributed by atoms with E-state index >= 15 is 0 Å². The van der Waals surface area contributed by atoms with Gasteiger partial charge in [-0.3, -0.25) is 4.79 Å². The van der Waals surface area contributed by atoms with Crippen LogP contribution < -0.4 is 10.2 Å². The van der Waals surface area contributed by atoms with Crippen molar-refractivity contribution >= 4 is 17.3 Å². The lowest BCUT2D eigenvalue weighted by Gasteiger charge is -2.22. The van der Waals surface area contributed by atoms with Gasteiger partial charge in [0.05, 0.1) is 23.7 Å². The van der Waals surface area contributed by atoms with Gasteiger partial charge >= 0.3 is 6.18 Å². The first kappa shape index (κ1) is 23.2. The third-order valence-corrected chi connectivity index (χ3v) is 4.44. The largest absolute Gasteiger partial charge is 0.417 e. The number of carbonyl (C=O) groups is 1. The summed E-state index contributed by atoms with van der Waals surface area (Å²) in [7, 11) is 0. The first-order valence-corrected chi connectivity index (χ1v) is 9.32. The molecule has 3 rings (SSSR count). The Labute approximate surface area is 171 Å². The van der Waals surface area contributed by atoms with E-state index in [0.29, 0.717) is 24.7 Å². The Hall–Kier alpha value is -3.12. The molecule has 160 valence electrons. The van der Waals surface area contributed by atoms with Gasteiger partial charge in [-0.2, -0.15) is 18.4 Å². The predicted molar refractivity (Wildman–Crippen MR) is 104 cm³/mol. The maximum Gasteiger partial charge on any atom is 0.417 e. The molecule has 2 aromatic carbocycles. The minimum Gasteiger partial charge on any atom is -0.381 e. The number of nitrogens with zero attached hydrogens (tertiary/aromatic N) is 2. The number of nitriles is 1. The highest BCUT2D eigenvalue weighted by atomic mass is 19.4. The van der Waals surface area contributed by atoms with Crippen LogP contribution in [0.25, 0.3) is 0 Å². The van der Waals surface area contributed by atoms with Crippen LogP contribution in [0.1, 0.15) is 30.5 Å². The van der Waals surface area contributed by atoms with Crippen LogP contribution in [-0.2, 0) is 17.4 Å². The molecule has 30 heavy (non-hydrogen) atoms. The molecule has 0 saturated carbocycles.